The Morgan fingerprint density at radius 3 is 2.95 bits per heavy atom. The second-order valence-electron chi connectivity index (χ2n) is 6.40. The molecule has 0 fully saturated rings. The summed E-state index contributed by atoms with van der Waals surface area (Å²) in [5.41, 5.74) is 1.08. The lowest BCUT2D eigenvalue weighted by molar-refractivity contribution is -0.123. The lowest BCUT2D eigenvalue weighted by atomic mass is 9.87. The molecule has 0 radical (unpaired) electrons. The molecule has 1 atom stereocenters. The highest BCUT2D eigenvalue weighted by molar-refractivity contribution is 6.17. The maximum absolute atomic E-state index is 12.5. The molecule has 1 unspecified atom stereocenters. The van der Waals surface area contributed by atoms with Crippen molar-refractivity contribution in [2.24, 2.45) is 5.41 Å². The quantitative estimate of drug-likeness (QED) is 0.813. The van der Waals surface area contributed by atoms with Crippen molar-refractivity contribution in [2.45, 2.75) is 39.0 Å². The number of rotatable bonds is 6. The van der Waals surface area contributed by atoms with Crippen LogP contribution in [0.2, 0.25) is 0 Å². The van der Waals surface area contributed by atoms with Crippen LogP contribution in [-0.4, -0.2) is 24.9 Å². The van der Waals surface area contributed by atoms with E-state index in [1.165, 1.54) is 0 Å². The molecule has 4 heteroatoms. The number of carbonyl (C=O) groups is 1. The summed E-state index contributed by atoms with van der Waals surface area (Å²) in [5.74, 6) is 1.51. The Hall–Kier alpha value is -1.22. The van der Waals surface area contributed by atoms with Gasteiger partial charge in [-0.2, -0.15) is 0 Å². The number of hydrogen-bond donors (Lipinski definition) is 1. The zero-order valence-corrected chi connectivity index (χ0v) is 13.6. The van der Waals surface area contributed by atoms with Gasteiger partial charge in [0.1, 0.15) is 5.75 Å². The largest absolute Gasteiger partial charge is 0.493 e. The van der Waals surface area contributed by atoms with Crippen LogP contribution in [0.4, 0.5) is 0 Å². The Balaban J connectivity index is 1.96. The van der Waals surface area contributed by atoms with Gasteiger partial charge in [-0.05, 0) is 30.7 Å². The highest BCUT2D eigenvalue weighted by Crippen LogP contribution is 2.33. The van der Waals surface area contributed by atoms with E-state index >= 15 is 0 Å². The van der Waals surface area contributed by atoms with Gasteiger partial charge in [0.15, 0.2) is 0 Å². The summed E-state index contributed by atoms with van der Waals surface area (Å²) in [6, 6.07) is 7.81. The number of benzene rings is 1. The van der Waals surface area contributed by atoms with Gasteiger partial charge in [-0.15, -0.1) is 11.6 Å². The predicted octanol–water partition coefficient (Wildman–Crippen LogP) is 3.71. The summed E-state index contributed by atoms with van der Waals surface area (Å²) in [6.07, 6.45) is 2.73. The highest BCUT2D eigenvalue weighted by atomic mass is 35.5. The maximum Gasteiger partial charge on any atom is 0.227 e. The number of hydrogen-bond acceptors (Lipinski definition) is 2. The van der Waals surface area contributed by atoms with Gasteiger partial charge in [0.25, 0.3) is 0 Å². The Kier molecular flexibility index (Phi) is 5.51. The van der Waals surface area contributed by atoms with Gasteiger partial charge in [-0.1, -0.05) is 32.0 Å². The van der Waals surface area contributed by atoms with Crippen molar-refractivity contribution in [1.29, 1.82) is 0 Å². The molecule has 1 N–H and O–H groups in total. The number of amides is 1. The number of para-hydroxylation sites is 1. The minimum atomic E-state index is -0.0984. The van der Waals surface area contributed by atoms with Gasteiger partial charge in [-0.25, -0.2) is 0 Å². The van der Waals surface area contributed by atoms with Crippen LogP contribution >= 0.6 is 11.6 Å². The number of fused-ring (bicyclic) bond motifs is 1. The summed E-state index contributed by atoms with van der Waals surface area (Å²) in [4.78, 5) is 12.5. The number of nitrogens with one attached hydrogen (secondary N) is 1. The number of carbonyl (C=O) groups excluding carboxylic acids is 1. The molecule has 1 aromatic carbocycles. The smallest absolute Gasteiger partial charge is 0.227 e. The Morgan fingerprint density at radius 1 is 1.43 bits per heavy atom. The van der Waals surface area contributed by atoms with E-state index in [9.17, 15) is 4.79 Å². The lowest BCUT2D eigenvalue weighted by Gasteiger charge is -2.28. The number of ether oxygens (including phenoxy) is 1. The van der Waals surface area contributed by atoms with Crippen LogP contribution in [0.25, 0.3) is 0 Å². The van der Waals surface area contributed by atoms with Crippen molar-refractivity contribution in [3.05, 3.63) is 29.8 Å². The molecular formula is C17H24ClNO2. The summed E-state index contributed by atoms with van der Waals surface area (Å²) in [7, 11) is 0. The van der Waals surface area contributed by atoms with E-state index in [4.69, 9.17) is 16.3 Å². The molecule has 3 nitrogen and oxygen atoms in total. The topological polar surface area (TPSA) is 38.3 Å². The fraction of sp³-hybridized carbons (Fsp3) is 0.588. The number of halogens is 1. The van der Waals surface area contributed by atoms with E-state index in [1.807, 2.05) is 24.3 Å². The van der Waals surface area contributed by atoms with Crippen LogP contribution in [-0.2, 0) is 4.79 Å². The minimum absolute atomic E-state index is 0.0786. The molecule has 116 valence electrons. The van der Waals surface area contributed by atoms with Crippen LogP contribution in [0.1, 0.15) is 44.6 Å². The van der Waals surface area contributed by atoms with Crippen molar-refractivity contribution < 1.29 is 9.53 Å². The van der Waals surface area contributed by atoms with Crippen molar-refractivity contribution in [2.75, 3.05) is 19.0 Å². The third kappa shape index (κ3) is 4.37. The minimum Gasteiger partial charge on any atom is -0.493 e. The summed E-state index contributed by atoms with van der Waals surface area (Å²) in [6.45, 7) is 5.61. The molecule has 0 aromatic heterocycles. The first-order chi connectivity index (χ1) is 10.0. The average Bonchev–Trinajstić information content (AvgIpc) is 2.50. The van der Waals surface area contributed by atoms with Gasteiger partial charge in [0, 0.05) is 18.0 Å². The molecule has 0 saturated heterocycles. The van der Waals surface area contributed by atoms with Crippen LogP contribution in [0.3, 0.4) is 0 Å². The zero-order valence-electron chi connectivity index (χ0n) is 12.8. The van der Waals surface area contributed by atoms with Gasteiger partial charge >= 0.3 is 0 Å². The fourth-order valence-electron chi connectivity index (χ4n) is 2.70. The molecule has 1 amide bonds. The Bertz CT molecular complexity index is 487. The second-order valence-corrected chi connectivity index (χ2v) is 6.78. The molecule has 0 saturated carbocycles. The van der Waals surface area contributed by atoms with Gasteiger partial charge < -0.3 is 10.1 Å². The zero-order chi connectivity index (χ0) is 15.3. The van der Waals surface area contributed by atoms with Crippen LogP contribution < -0.4 is 10.1 Å². The summed E-state index contributed by atoms with van der Waals surface area (Å²) in [5, 5.41) is 3.10. The highest BCUT2D eigenvalue weighted by Gasteiger charge is 2.28. The predicted molar refractivity (Wildman–Crippen MR) is 86.0 cm³/mol. The van der Waals surface area contributed by atoms with E-state index in [0.717, 1.165) is 30.6 Å². The van der Waals surface area contributed by atoms with Crippen LogP contribution in [0.5, 0.6) is 5.75 Å². The number of alkyl halides is 1. The third-order valence-corrected chi connectivity index (χ3v) is 4.27. The van der Waals surface area contributed by atoms with Gasteiger partial charge in [-0.3, -0.25) is 4.79 Å². The van der Waals surface area contributed by atoms with Crippen LogP contribution in [0, 0.1) is 5.41 Å². The molecule has 0 spiro atoms. The Labute approximate surface area is 132 Å². The van der Waals surface area contributed by atoms with E-state index in [1.54, 1.807) is 0 Å². The monoisotopic (exact) mass is 309 g/mol. The molecule has 1 heterocycles. The van der Waals surface area contributed by atoms with Crippen molar-refractivity contribution in [1.82, 2.24) is 5.32 Å². The summed E-state index contributed by atoms with van der Waals surface area (Å²) < 4.78 is 5.61. The summed E-state index contributed by atoms with van der Waals surface area (Å²) >= 11 is 5.75. The molecule has 0 aliphatic carbocycles. The molecule has 21 heavy (non-hydrogen) atoms. The lowest BCUT2D eigenvalue weighted by Crippen LogP contribution is -2.38. The molecule has 1 aliphatic heterocycles. The second kappa shape index (κ2) is 7.17. The standard InChI is InChI=1S/C17H24ClNO2/c1-17(2,9-5-10-18)12-19-16(20)14-8-11-21-15-7-4-3-6-13(14)15/h3-4,6-7,14H,5,8-12H2,1-2H3,(H,19,20). The first-order valence-electron chi connectivity index (χ1n) is 7.59. The normalized spacial score (nSPS) is 17.8. The van der Waals surface area contributed by atoms with Crippen molar-refractivity contribution in [3.63, 3.8) is 0 Å². The first kappa shape index (κ1) is 16.2. The third-order valence-electron chi connectivity index (χ3n) is 4.00. The molecule has 0 bridgehead atoms. The molecule has 1 aromatic rings. The van der Waals surface area contributed by atoms with E-state index in [0.29, 0.717) is 19.0 Å². The first-order valence-corrected chi connectivity index (χ1v) is 8.12. The van der Waals surface area contributed by atoms with Crippen molar-refractivity contribution >= 4 is 17.5 Å². The molecule has 1 aliphatic rings. The van der Waals surface area contributed by atoms with Crippen LogP contribution in [0.15, 0.2) is 24.3 Å². The van der Waals surface area contributed by atoms with Crippen molar-refractivity contribution in [3.8, 4) is 5.75 Å². The molecular weight excluding hydrogens is 286 g/mol. The van der Waals surface area contributed by atoms with E-state index in [-0.39, 0.29) is 17.2 Å². The SMILES string of the molecule is CC(C)(CCCCl)CNC(=O)C1CCOc2ccccc21. The van der Waals surface area contributed by atoms with E-state index < -0.39 is 0 Å². The van der Waals surface area contributed by atoms with Gasteiger partial charge in [0.2, 0.25) is 5.91 Å². The van der Waals surface area contributed by atoms with E-state index in [2.05, 4.69) is 19.2 Å². The maximum atomic E-state index is 12.5. The average molecular weight is 310 g/mol. The van der Waals surface area contributed by atoms with Gasteiger partial charge in [0.05, 0.1) is 12.5 Å². The molecule has 2 rings (SSSR count). The Morgan fingerprint density at radius 2 is 2.19 bits per heavy atom. The fourth-order valence-corrected chi connectivity index (χ4v) is 2.83.